The van der Waals surface area contributed by atoms with Crippen molar-refractivity contribution in [1.29, 1.82) is 0 Å². The zero-order valence-corrected chi connectivity index (χ0v) is 16.4. The van der Waals surface area contributed by atoms with E-state index in [2.05, 4.69) is 17.1 Å². The van der Waals surface area contributed by atoms with Crippen molar-refractivity contribution < 1.29 is 14.4 Å². The maximum Gasteiger partial charge on any atom is 0.322 e. The molecular weight excluding hydrogens is 378 g/mol. The SMILES string of the molecule is C=CCN(C[C@H]1CC(c2ccc(Cl)cc2)=NO1)C(=O)Nc1ccccc1OC. The number of nitrogens with one attached hydrogen (secondary N) is 1. The summed E-state index contributed by atoms with van der Waals surface area (Å²) in [5, 5.41) is 7.72. The highest BCUT2D eigenvalue weighted by Crippen LogP contribution is 2.24. The van der Waals surface area contributed by atoms with Gasteiger partial charge in [-0.25, -0.2) is 4.79 Å². The van der Waals surface area contributed by atoms with Gasteiger partial charge in [0.25, 0.3) is 0 Å². The van der Waals surface area contributed by atoms with Crippen molar-refractivity contribution in [3.63, 3.8) is 0 Å². The van der Waals surface area contributed by atoms with Gasteiger partial charge in [0.2, 0.25) is 0 Å². The van der Waals surface area contributed by atoms with Gasteiger partial charge in [-0.3, -0.25) is 0 Å². The molecule has 2 amide bonds. The van der Waals surface area contributed by atoms with Crippen LogP contribution in [0.15, 0.2) is 66.3 Å². The Balaban J connectivity index is 1.62. The number of amides is 2. The molecule has 7 heteroatoms. The van der Waals surface area contributed by atoms with E-state index in [1.54, 1.807) is 30.2 Å². The van der Waals surface area contributed by atoms with E-state index in [1.165, 1.54) is 0 Å². The molecule has 0 spiro atoms. The molecule has 0 unspecified atom stereocenters. The summed E-state index contributed by atoms with van der Waals surface area (Å²) in [4.78, 5) is 19.9. The van der Waals surface area contributed by atoms with Crippen molar-refractivity contribution in [2.24, 2.45) is 5.16 Å². The molecular formula is C21H22ClN3O3. The molecule has 0 bridgehead atoms. The molecule has 146 valence electrons. The molecule has 3 rings (SSSR count). The Hall–Kier alpha value is -2.99. The van der Waals surface area contributed by atoms with Crippen LogP contribution in [0.5, 0.6) is 5.75 Å². The molecule has 0 radical (unpaired) electrons. The summed E-state index contributed by atoms with van der Waals surface area (Å²) in [6, 6.07) is 14.4. The van der Waals surface area contributed by atoms with E-state index in [0.717, 1.165) is 11.3 Å². The molecule has 6 nitrogen and oxygen atoms in total. The van der Waals surface area contributed by atoms with Crippen molar-refractivity contribution >= 4 is 29.0 Å². The van der Waals surface area contributed by atoms with Crippen molar-refractivity contribution in [2.75, 3.05) is 25.5 Å². The molecule has 0 fully saturated rings. The lowest BCUT2D eigenvalue weighted by molar-refractivity contribution is 0.0645. The van der Waals surface area contributed by atoms with Crippen LogP contribution >= 0.6 is 11.6 Å². The lowest BCUT2D eigenvalue weighted by atomic mass is 10.0. The van der Waals surface area contributed by atoms with Crippen LogP contribution in [-0.4, -0.2) is 42.9 Å². The average molecular weight is 400 g/mol. The molecule has 1 heterocycles. The van der Waals surface area contributed by atoms with Crippen LogP contribution in [0.3, 0.4) is 0 Å². The Morgan fingerprint density at radius 1 is 1.36 bits per heavy atom. The number of rotatable bonds is 7. The van der Waals surface area contributed by atoms with Gasteiger partial charge in [0.15, 0.2) is 6.10 Å². The van der Waals surface area contributed by atoms with Crippen LogP contribution in [0, 0.1) is 0 Å². The summed E-state index contributed by atoms with van der Waals surface area (Å²) in [5.74, 6) is 0.597. The number of urea groups is 1. The highest BCUT2D eigenvalue weighted by Gasteiger charge is 2.26. The second-order valence-corrected chi connectivity index (χ2v) is 6.74. The number of benzene rings is 2. The first-order chi connectivity index (χ1) is 13.6. The van der Waals surface area contributed by atoms with Crippen LogP contribution < -0.4 is 10.1 Å². The highest BCUT2D eigenvalue weighted by atomic mass is 35.5. The summed E-state index contributed by atoms with van der Waals surface area (Å²) in [6.07, 6.45) is 2.06. The number of carbonyl (C=O) groups is 1. The van der Waals surface area contributed by atoms with Gasteiger partial charge in [-0.05, 0) is 29.8 Å². The topological polar surface area (TPSA) is 63.2 Å². The minimum absolute atomic E-state index is 0.228. The number of nitrogens with zero attached hydrogens (tertiary/aromatic N) is 2. The monoisotopic (exact) mass is 399 g/mol. The molecule has 28 heavy (non-hydrogen) atoms. The van der Waals surface area contributed by atoms with Crippen molar-refractivity contribution in [2.45, 2.75) is 12.5 Å². The molecule has 1 N–H and O–H groups in total. The number of ether oxygens (including phenoxy) is 1. The molecule has 1 aliphatic rings. The zero-order valence-electron chi connectivity index (χ0n) is 15.6. The fourth-order valence-corrected chi connectivity index (χ4v) is 3.05. The Morgan fingerprint density at radius 2 is 2.11 bits per heavy atom. The number of oxime groups is 1. The summed E-state index contributed by atoms with van der Waals surface area (Å²) in [7, 11) is 1.56. The Morgan fingerprint density at radius 3 is 2.82 bits per heavy atom. The van der Waals surface area contributed by atoms with Gasteiger partial charge < -0.3 is 19.8 Å². The molecule has 1 atom stereocenters. The fraction of sp³-hybridized carbons (Fsp3) is 0.238. The first-order valence-corrected chi connectivity index (χ1v) is 9.27. The first kappa shape index (κ1) is 19.8. The fourth-order valence-electron chi connectivity index (χ4n) is 2.92. The van der Waals surface area contributed by atoms with Gasteiger partial charge in [-0.2, -0.15) is 0 Å². The van der Waals surface area contributed by atoms with E-state index in [9.17, 15) is 4.79 Å². The summed E-state index contributed by atoms with van der Waals surface area (Å²) in [6.45, 7) is 4.51. The van der Waals surface area contributed by atoms with Gasteiger partial charge in [-0.15, -0.1) is 6.58 Å². The Labute approximate surface area is 169 Å². The number of hydrogen-bond donors (Lipinski definition) is 1. The number of carbonyl (C=O) groups excluding carboxylic acids is 1. The number of hydrogen-bond acceptors (Lipinski definition) is 4. The van der Waals surface area contributed by atoms with E-state index in [0.29, 0.717) is 36.0 Å². The van der Waals surface area contributed by atoms with Gasteiger partial charge in [0.05, 0.1) is 25.1 Å². The van der Waals surface area contributed by atoms with E-state index < -0.39 is 0 Å². The van der Waals surface area contributed by atoms with E-state index in [-0.39, 0.29) is 12.1 Å². The third-order valence-electron chi connectivity index (χ3n) is 4.32. The van der Waals surface area contributed by atoms with Gasteiger partial charge in [-0.1, -0.05) is 47.1 Å². The minimum Gasteiger partial charge on any atom is -0.495 e. The van der Waals surface area contributed by atoms with Crippen LogP contribution in [0.4, 0.5) is 10.5 Å². The van der Waals surface area contributed by atoms with Gasteiger partial charge in [0.1, 0.15) is 5.75 Å². The normalized spacial score (nSPS) is 15.4. The lowest BCUT2D eigenvalue weighted by Gasteiger charge is -2.24. The molecule has 1 aliphatic heterocycles. The maximum absolute atomic E-state index is 12.8. The number of methoxy groups -OCH3 is 1. The Kier molecular flexibility index (Phi) is 6.55. The predicted octanol–water partition coefficient (Wildman–Crippen LogP) is 4.56. The first-order valence-electron chi connectivity index (χ1n) is 8.89. The quantitative estimate of drug-likeness (QED) is 0.694. The van der Waals surface area contributed by atoms with Crippen LogP contribution in [0.25, 0.3) is 0 Å². The zero-order chi connectivity index (χ0) is 19.9. The molecule has 2 aromatic carbocycles. The average Bonchev–Trinajstić information content (AvgIpc) is 3.17. The maximum atomic E-state index is 12.8. The third kappa shape index (κ3) is 4.84. The van der Waals surface area contributed by atoms with Crippen molar-refractivity contribution in [3.8, 4) is 5.75 Å². The number of halogens is 1. The molecule has 0 aliphatic carbocycles. The number of anilines is 1. The van der Waals surface area contributed by atoms with E-state index in [1.807, 2.05) is 36.4 Å². The lowest BCUT2D eigenvalue weighted by Crippen LogP contribution is -2.40. The van der Waals surface area contributed by atoms with Crippen molar-refractivity contribution in [3.05, 3.63) is 71.8 Å². The Bertz CT molecular complexity index is 867. The van der Waals surface area contributed by atoms with Crippen LogP contribution in [-0.2, 0) is 4.84 Å². The highest BCUT2D eigenvalue weighted by molar-refractivity contribution is 6.30. The van der Waals surface area contributed by atoms with Crippen LogP contribution in [0.2, 0.25) is 5.02 Å². The summed E-state index contributed by atoms with van der Waals surface area (Å²) in [5.41, 5.74) is 2.40. The summed E-state index contributed by atoms with van der Waals surface area (Å²) >= 11 is 5.93. The smallest absolute Gasteiger partial charge is 0.322 e. The molecule has 0 saturated carbocycles. The van der Waals surface area contributed by atoms with E-state index in [4.69, 9.17) is 21.2 Å². The minimum atomic E-state index is -0.257. The van der Waals surface area contributed by atoms with Gasteiger partial charge >= 0.3 is 6.03 Å². The second-order valence-electron chi connectivity index (χ2n) is 6.30. The molecule has 0 saturated heterocycles. The molecule has 2 aromatic rings. The van der Waals surface area contributed by atoms with Crippen LogP contribution in [0.1, 0.15) is 12.0 Å². The predicted molar refractivity (Wildman–Crippen MR) is 111 cm³/mol. The standard InChI is InChI=1S/C21H22ClN3O3/c1-3-12-25(21(26)23-18-6-4-5-7-20(18)27-2)14-17-13-19(24-28-17)15-8-10-16(22)11-9-15/h3-11,17H,1,12-14H2,2H3,(H,23,26)/t17-/m1/s1. The largest absolute Gasteiger partial charge is 0.495 e. The third-order valence-corrected chi connectivity index (χ3v) is 4.57. The molecule has 0 aromatic heterocycles. The van der Waals surface area contributed by atoms with E-state index >= 15 is 0 Å². The summed E-state index contributed by atoms with van der Waals surface area (Å²) < 4.78 is 5.28. The van der Waals surface area contributed by atoms with Gasteiger partial charge in [0, 0.05) is 18.0 Å². The number of para-hydroxylation sites is 2. The van der Waals surface area contributed by atoms with Crippen molar-refractivity contribution in [1.82, 2.24) is 4.90 Å². The second kappa shape index (κ2) is 9.28.